The Kier molecular flexibility index (Phi) is 6.08. The third-order valence-electron chi connectivity index (χ3n) is 6.15. The molecule has 0 unspecified atom stereocenters. The summed E-state index contributed by atoms with van der Waals surface area (Å²) in [5.41, 5.74) is 4.01. The molecular weight excluding hydrogens is 404 g/mol. The third kappa shape index (κ3) is 4.42. The molecule has 2 aliphatic rings. The Balaban J connectivity index is 1.34. The predicted octanol–water partition coefficient (Wildman–Crippen LogP) is 3.91. The monoisotopic (exact) mass is 432 g/mol. The number of rotatable bonds is 5. The van der Waals surface area contributed by atoms with Crippen LogP contribution < -0.4 is 5.32 Å². The molecule has 1 fully saturated rings. The average molecular weight is 433 g/mol. The molecule has 2 aromatic rings. The molecule has 1 amide bonds. The van der Waals surface area contributed by atoms with Crippen molar-refractivity contribution >= 4 is 27.3 Å². The van der Waals surface area contributed by atoms with Gasteiger partial charge in [-0.05, 0) is 73.6 Å². The van der Waals surface area contributed by atoms with Gasteiger partial charge < -0.3 is 5.32 Å². The number of carbonyl (C=O) groups excluding carboxylic acids is 1. The number of aryl methyl sites for hydroxylation is 2. The van der Waals surface area contributed by atoms with Crippen molar-refractivity contribution in [2.75, 3.05) is 13.1 Å². The van der Waals surface area contributed by atoms with Crippen LogP contribution in [0, 0.1) is 5.92 Å². The van der Waals surface area contributed by atoms with Crippen LogP contribution >= 0.6 is 11.3 Å². The van der Waals surface area contributed by atoms with Crippen molar-refractivity contribution in [3.63, 3.8) is 0 Å². The number of fused-ring (bicyclic) bond motifs is 1. The molecule has 5 nitrogen and oxygen atoms in total. The van der Waals surface area contributed by atoms with Gasteiger partial charge >= 0.3 is 0 Å². The normalized spacial score (nSPS) is 19.5. The largest absolute Gasteiger partial charge is 0.349 e. The number of hydrogen-bond acceptors (Lipinski definition) is 4. The molecule has 0 saturated carbocycles. The first-order valence-corrected chi connectivity index (χ1v) is 12.7. The van der Waals surface area contributed by atoms with E-state index in [-0.39, 0.29) is 17.9 Å². The minimum Gasteiger partial charge on any atom is -0.349 e. The molecule has 1 aromatic heterocycles. The second-order valence-electron chi connectivity index (χ2n) is 8.08. The fraction of sp³-hybridized carbons (Fsp3) is 0.500. The highest BCUT2D eigenvalue weighted by molar-refractivity contribution is 7.91. The van der Waals surface area contributed by atoms with E-state index in [0.29, 0.717) is 30.1 Å². The molecule has 2 heterocycles. The van der Waals surface area contributed by atoms with Gasteiger partial charge in [0.05, 0.1) is 6.04 Å². The van der Waals surface area contributed by atoms with Crippen LogP contribution in [0.2, 0.25) is 0 Å². The van der Waals surface area contributed by atoms with Crippen molar-refractivity contribution in [1.29, 1.82) is 0 Å². The third-order valence-corrected chi connectivity index (χ3v) is 9.42. The lowest BCUT2D eigenvalue weighted by Crippen LogP contribution is -2.43. The number of piperidine rings is 1. The lowest BCUT2D eigenvalue weighted by molar-refractivity contribution is -0.126. The fourth-order valence-electron chi connectivity index (χ4n) is 4.33. The van der Waals surface area contributed by atoms with E-state index < -0.39 is 10.0 Å². The van der Waals surface area contributed by atoms with E-state index in [0.717, 1.165) is 18.4 Å². The average Bonchev–Trinajstić information content (AvgIpc) is 3.29. The molecule has 1 aliphatic heterocycles. The summed E-state index contributed by atoms with van der Waals surface area (Å²) in [5, 5.41) is 4.92. The molecule has 1 saturated heterocycles. The molecule has 7 heteroatoms. The van der Waals surface area contributed by atoms with Crippen LogP contribution in [0.1, 0.15) is 55.3 Å². The van der Waals surface area contributed by atoms with E-state index in [1.165, 1.54) is 39.6 Å². The first-order chi connectivity index (χ1) is 13.9. The lowest BCUT2D eigenvalue weighted by atomic mass is 9.89. The molecule has 156 valence electrons. The SMILES string of the molecule is C[C@H](NC(=O)C1CCN(S(=O)(=O)c2cccs2)CC1)c1ccc2c(c1)CCCC2. The molecule has 4 rings (SSSR count). The van der Waals surface area contributed by atoms with Crippen LogP contribution in [0.5, 0.6) is 0 Å². The Morgan fingerprint density at radius 2 is 1.86 bits per heavy atom. The summed E-state index contributed by atoms with van der Waals surface area (Å²) >= 11 is 1.24. The van der Waals surface area contributed by atoms with Gasteiger partial charge in [0.25, 0.3) is 10.0 Å². The number of amides is 1. The van der Waals surface area contributed by atoms with Crippen molar-refractivity contribution in [2.45, 2.75) is 55.7 Å². The quantitative estimate of drug-likeness (QED) is 0.779. The maximum Gasteiger partial charge on any atom is 0.252 e. The van der Waals surface area contributed by atoms with Gasteiger partial charge in [-0.1, -0.05) is 24.3 Å². The summed E-state index contributed by atoms with van der Waals surface area (Å²) in [4.78, 5) is 12.8. The van der Waals surface area contributed by atoms with Gasteiger partial charge in [-0.25, -0.2) is 8.42 Å². The van der Waals surface area contributed by atoms with E-state index in [9.17, 15) is 13.2 Å². The second-order valence-corrected chi connectivity index (χ2v) is 11.2. The van der Waals surface area contributed by atoms with Crippen molar-refractivity contribution in [1.82, 2.24) is 9.62 Å². The standard InChI is InChI=1S/C22H28N2O3S2/c1-16(19-9-8-17-5-2-3-6-20(17)15-19)23-22(25)18-10-12-24(13-11-18)29(26,27)21-7-4-14-28-21/h4,7-9,14-16,18H,2-3,5-6,10-13H2,1H3,(H,23,25)/t16-/m0/s1. The van der Waals surface area contributed by atoms with Gasteiger partial charge in [0, 0.05) is 19.0 Å². The van der Waals surface area contributed by atoms with Crippen molar-refractivity contribution < 1.29 is 13.2 Å². The van der Waals surface area contributed by atoms with Crippen LogP contribution in [0.4, 0.5) is 0 Å². The highest BCUT2D eigenvalue weighted by Gasteiger charge is 2.33. The molecule has 0 bridgehead atoms. The zero-order chi connectivity index (χ0) is 20.4. The maximum atomic E-state index is 12.8. The van der Waals surface area contributed by atoms with Crippen LogP contribution in [-0.4, -0.2) is 31.7 Å². The summed E-state index contributed by atoms with van der Waals surface area (Å²) < 4.78 is 27.2. The molecule has 1 aromatic carbocycles. The van der Waals surface area contributed by atoms with E-state index >= 15 is 0 Å². The van der Waals surface area contributed by atoms with Crippen LogP contribution in [-0.2, 0) is 27.7 Å². The topological polar surface area (TPSA) is 66.5 Å². The Bertz CT molecular complexity index is 962. The zero-order valence-electron chi connectivity index (χ0n) is 16.8. The summed E-state index contributed by atoms with van der Waals surface area (Å²) in [5.74, 6) is -0.103. The Morgan fingerprint density at radius 3 is 2.55 bits per heavy atom. The highest BCUT2D eigenvalue weighted by atomic mass is 32.2. The summed E-state index contributed by atoms with van der Waals surface area (Å²) in [6.45, 7) is 2.82. The maximum absolute atomic E-state index is 12.8. The number of benzene rings is 1. The van der Waals surface area contributed by atoms with Crippen molar-refractivity contribution in [2.24, 2.45) is 5.92 Å². The number of thiophene rings is 1. The molecule has 1 atom stereocenters. The van der Waals surface area contributed by atoms with Crippen molar-refractivity contribution in [3.8, 4) is 0 Å². The molecule has 0 radical (unpaired) electrons. The van der Waals surface area contributed by atoms with Crippen LogP contribution in [0.15, 0.2) is 39.9 Å². The summed E-state index contributed by atoms with van der Waals surface area (Å²) in [6.07, 6.45) is 5.91. The Labute approximate surface area is 177 Å². The van der Waals surface area contributed by atoms with Crippen molar-refractivity contribution in [3.05, 3.63) is 52.4 Å². The first-order valence-electron chi connectivity index (χ1n) is 10.4. The number of sulfonamides is 1. The molecular formula is C22H28N2O3S2. The predicted molar refractivity (Wildman–Crippen MR) is 115 cm³/mol. The van der Waals surface area contributed by atoms with Gasteiger partial charge in [-0.15, -0.1) is 11.3 Å². The molecule has 29 heavy (non-hydrogen) atoms. The van der Waals surface area contributed by atoms with E-state index in [2.05, 4.69) is 23.5 Å². The Hall–Kier alpha value is -1.70. The molecule has 1 aliphatic carbocycles. The zero-order valence-corrected chi connectivity index (χ0v) is 18.4. The van der Waals surface area contributed by atoms with Gasteiger partial charge in [0.2, 0.25) is 5.91 Å². The number of carbonyl (C=O) groups is 1. The Morgan fingerprint density at radius 1 is 1.14 bits per heavy atom. The van der Waals surface area contributed by atoms with Gasteiger partial charge in [0.1, 0.15) is 4.21 Å². The highest BCUT2D eigenvalue weighted by Crippen LogP contribution is 2.28. The summed E-state index contributed by atoms with van der Waals surface area (Å²) in [6, 6.07) is 9.93. The van der Waals surface area contributed by atoms with E-state index in [1.54, 1.807) is 17.5 Å². The van der Waals surface area contributed by atoms with Crippen LogP contribution in [0.25, 0.3) is 0 Å². The van der Waals surface area contributed by atoms with E-state index in [1.807, 2.05) is 6.92 Å². The molecule has 0 spiro atoms. The van der Waals surface area contributed by atoms with Gasteiger partial charge in [-0.3, -0.25) is 4.79 Å². The van der Waals surface area contributed by atoms with Gasteiger partial charge in [-0.2, -0.15) is 4.31 Å². The number of nitrogens with one attached hydrogen (secondary N) is 1. The lowest BCUT2D eigenvalue weighted by Gasteiger charge is -2.31. The first kappa shape index (κ1) is 20.6. The molecule has 1 N–H and O–H groups in total. The van der Waals surface area contributed by atoms with E-state index in [4.69, 9.17) is 0 Å². The number of nitrogens with zero attached hydrogens (tertiary/aromatic N) is 1. The number of hydrogen-bond donors (Lipinski definition) is 1. The smallest absolute Gasteiger partial charge is 0.252 e. The van der Waals surface area contributed by atoms with Gasteiger partial charge in [0.15, 0.2) is 0 Å². The minimum absolute atomic E-state index is 0.0309. The minimum atomic E-state index is -3.42. The fourth-order valence-corrected chi connectivity index (χ4v) is 6.95. The van der Waals surface area contributed by atoms with Crippen LogP contribution in [0.3, 0.4) is 0 Å². The summed E-state index contributed by atoms with van der Waals surface area (Å²) in [7, 11) is -3.42. The second kappa shape index (κ2) is 8.58.